The van der Waals surface area contributed by atoms with Gasteiger partial charge in [0.1, 0.15) is 5.75 Å². The van der Waals surface area contributed by atoms with Gasteiger partial charge in [-0.3, -0.25) is 4.79 Å². The van der Waals surface area contributed by atoms with Gasteiger partial charge in [-0.05, 0) is 24.3 Å². The van der Waals surface area contributed by atoms with Crippen molar-refractivity contribution in [2.45, 2.75) is 6.23 Å². The lowest BCUT2D eigenvalue weighted by Gasteiger charge is -2.27. The zero-order valence-corrected chi connectivity index (χ0v) is 11.5. The van der Waals surface area contributed by atoms with Crippen molar-refractivity contribution in [3.63, 3.8) is 0 Å². The number of rotatable bonds is 2. The van der Waals surface area contributed by atoms with Crippen molar-refractivity contribution in [1.29, 1.82) is 0 Å². The number of benzene rings is 2. The van der Waals surface area contributed by atoms with Gasteiger partial charge in [0.05, 0.1) is 5.56 Å². The van der Waals surface area contributed by atoms with Crippen LogP contribution in [0.2, 0.25) is 0 Å². The maximum absolute atomic E-state index is 12.0. The summed E-state index contributed by atoms with van der Waals surface area (Å²) in [5.41, 5.74) is 2.61. The van der Waals surface area contributed by atoms with Crippen LogP contribution in [-0.2, 0) is 0 Å². The zero-order valence-electron chi connectivity index (χ0n) is 11.5. The number of hydrogen-bond acceptors (Lipinski definition) is 3. The average molecular weight is 268 g/mol. The summed E-state index contributed by atoms with van der Waals surface area (Å²) >= 11 is 0. The van der Waals surface area contributed by atoms with E-state index in [0.717, 1.165) is 11.3 Å². The lowest BCUT2D eigenvalue weighted by atomic mass is 10.1. The van der Waals surface area contributed by atoms with Crippen LogP contribution in [0.5, 0.6) is 5.75 Å². The van der Waals surface area contributed by atoms with Crippen molar-refractivity contribution in [1.82, 2.24) is 5.32 Å². The molecule has 0 aromatic heterocycles. The first kappa shape index (κ1) is 12.5. The molecule has 0 saturated carbocycles. The molecule has 0 radical (unpaired) electrons. The molecule has 1 aliphatic rings. The molecule has 1 heterocycles. The van der Waals surface area contributed by atoms with Gasteiger partial charge in [-0.25, -0.2) is 0 Å². The molecule has 0 aliphatic carbocycles. The second kappa shape index (κ2) is 4.89. The van der Waals surface area contributed by atoms with Crippen LogP contribution in [0.15, 0.2) is 48.5 Å². The van der Waals surface area contributed by atoms with Crippen molar-refractivity contribution in [2.24, 2.45) is 0 Å². The molecule has 20 heavy (non-hydrogen) atoms. The van der Waals surface area contributed by atoms with Crippen LogP contribution in [0.1, 0.15) is 22.1 Å². The molecule has 2 aromatic rings. The third kappa shape index (κ3) is 2.20. The highest BCUT2D eigenvalue weighted by Crippen LogP contribution is 2.29. The van der Waals surface area contributed by atoms with Crippen molar-refractivity contribution in [2.75, 3.05) is 19.0 Å². The molecule has 0 unspecified atom stereocenters. The number of hydrogen-bond donors (Lipinski definition) is 1. The number of ether oxygens (including phenoxy) is 1. The van der Waals surface area contributed by atoms with Crippen molar-refractivity contribution in [3.8, 4) is 5.75 Å². The highest BCUT2D eigenvalue weighted by molar-refractivity contribution is 5.97. The first-order chi connectivity index (χ1) is 9.65. The summed E-state index contributed by atoms with van der Waals surface area (Å²) in [6.45, 7) is 0. The van der Waals surface area contributed by atoms with Crippen molar-refractivity contribution >= 4 is 11.6 Å². The van der Waals surface area contributed by atoms with Gasteiger partial charge in [0, 0.05) is 25.3 Å². The summed E-state index contributed by atoms with van der Waals surface area (Å²) in [6, 6.07) is 15.2. The highest BCUT2D eigenvalue weighted by Gasteiger charge is 2.25. The smallest absolute Gasteiger partial charge is 0.258 e. The molecule has 0 saturated heterocycles. The molecule has 0 spiro atoms. The number of fused-ring (bicyclic) bond motifs is 1. The van der Waals surface area contributed by atoms with E-state index in [9.17, 15) is 4.79 Å². The summed E-state index contributed by atoms with van der Waals surface area (Å²) in [5, 5.41) is 2.86. The van der Waals surface area contributed by atoms with Crippen molar-refractivity contribution < 1.29 is 9.53 Å². The van der Waals surface area contributed by atoms with Crippen molar-refractivity contribution in [3.05, 3.63) is 59.7 Å². The van der Waals surface area contributed by atoms with E-state index in [1.54, 1.807) is 6.07 Å². The molecule has 102 valence electrons. The van der Waals surface area contributed by atoms with Gasteiger partial charge in [0.2, 0.25) is 0 Å². The quantitative estimate of drug-likeness (QED) is 0.910. The second-order valence-electron chi connectivity index (χ2n) is 4.95. The number of carbonyl (C=O) groups excluding carboxylic acids is 1. The van der Waals surface area contributed by atoms with Crippen LogP contribution in [0.3, 0.4) is 0 Å². The number of para-hydroxylation sites is 1. The topological polar surface area (TPSA) is 41.6 Å². The van der Waals surface area contributed by atoms with Gasteiger partial charge in [-0.2, -0.15) is 0 Å². The van der Waals surface area contributed by atoms with E-state index in [1.165, 1.54) is 0 Å². The first-order valence-corrected chi connectivity index (χ1v) is 6.49. The Kier molecular flexibility index (Phi) is 3.06. The molecule has 1 atom stereocenters. The minimum Gasteiger partial charge on any atom is -0.466 e. The number of carbonyl (C=O) groups is 1. The fraction of sp³-hybridized carbons (Fsp3) is 0.188. The Morgan fingerprint density at radius 1 is 1.05 bits per heavy atom. The van der Waals surface area contributed by atoms with E-state index in [4.69, 9.17) is 4.74 Å². The Balaban J connectivity index is 1.88. The van der Waals surface area contributed by atoms with Crippen LogP contribution in [0.25, 0.3) is 0 Å². The standard InChI is InChI=1S/C16H16N2O2/c1-18(2)12-9-7-11(8-10-12)16-17-15(19)13-5-3-4-6-14(13)20-16/h3-10,16H,1-2H3,(H,17,19)/t16-/m1/s1. The van der Waals surface area contributed by atoms with E-state index in [0.29, 0.717) is 11.3 Å². The van der Waals surface area contributed by atoms with Gasteiger partial charge in [0.25, 0.3) is 5.91 Å². The number of anilines is 1. The van der Waals surface area contributed by atoms with Crippen LogP contribution >= 0.6 is 0 Å². The number of amides is 1. The van der Waals surface area contributed by atoms with Crippen LogP contribution < -0.4 is 15.0 Å². The fourth-order valence-corrected chi connectivity index (χ4v) is 2.21. The van der Waals surface area contributed by atoms with Gasteiger partial charge in [0.15, 0.2) is 6.23 Å². The van der Waals surface area contributed by atoms with Crippen LogP contribution in [0.4, 0.5) is 5.69 Å². The zero-order chi connectivity index (χ0) is 14.1. The SMILES string of the molecule is CN(C)c1ccc([C@@H]2NC(=O)c3ccccc3O2)cc1. The normalized spacial score (nSPS) is 16.9. The van der Waals surface area contributed by atoms with E-state index < -0.39 is 6.23 Å². The molecule has 2 aromatic carbocycles. The lowest BCUT2D eigenvalue weighted by Crippen LogP contribution is -2.36. The summed E-state index contributed by atoms with van der Waals surface area (Å²) in [7, 11) is 3.98. The molecule has 0 bridgehead atoms. The Morgan fingerprint density at radius 3 is 2.45 bits per heavy atom. The van der Waals surface area contributed by atoms with Crippen LogP contribution in [-0.4, -0.2) is 20.0 Å². The fourth-order valence-electron chi connectivity index (χ4n) is 2.21. The van der Waals surface area contributed by atoms with Crippen LogP contribution in [0, 0.1) is 0 Å². The predicted molar refractivity (Wildman–Crippen MR) is 78.0 cm³/mol. The first-order valence-electron chi connectivity index (χ1n) is 6.49. The average Bonchev–Trinajstić information content (AvgIpc) is 2.47. The Hall–Kier alpha value is -2.49. The van der Waals surface area contributed by atoms with E-state index in [1.807, 2.05) is 61.5 Å². The third-order valence-electron chi connectivity index (χ3n) is 3.35. The molecular weight excluding hydrogens is 252 g/mol. The number of nitrogens with zero attached hydrogens (tertiary/aromatic N) is 1. The molecule has 4 nitrogen and oxygen atoms in total. The summed E-state index contributed by atoms with van der Waals surface area (Å²) in [4.78, 5) is 14.1. The molecule has 1 aliphatic heterocycles. The monoisotopic (exact) mass is 268 g/mol. The molecule has 3 rings (SSSR count). The predicted octanol–water partition coefficient (Wildman–Crippen LogP) is 2.57. The maximum Gasteiger partial charge on any atom is 0.258 e. The van der Waals surface area contributed by atoms with Gasteiger partial charge in [-0.1, -0.05) is 24.3 Å². The largest absolute Gasteiger partial charge is 0.466 e. The second-order valence-corrected chi connectivity index (χ2v) is 4.95. The highest BCUT2D eigenvalue weighted by atomic mass is 16.5. The minimum absolute atomic E-state index is 0.103. The molecular formula is C16H16N2O2. The lowest BCUT2D eigenvalue weighted by molar-refractivity contribution is 0.0756. The molecule has 0 fully saturated rings. The minimum atomic E-state index is -0.436. The Labute approximate surface area is 118 Å². The number of nitrogens with one attached hydrogen (secondary N) is 1. The van der Waals surface area contributed by atoms with E-state index in [2.05, 4.69) is 5.32 Å². The molecule has 4 heteroatoms. The third-order valence-corrected chi connectivity index (χ3v) is 3.35. The Morgan fingerprint density at radius 2 is 1.75 bits per heavy atom. The molecule has 1 amide bonds. The summed E-state index contributed by atoms with van der Waals surface area (Å²) in [6.07, 6.45) is -0.436. The summed E-state index contributed by atoms with van der Waals surface area (Å²) < 4.78 is 5.84. The summed E-state index contributed by atoms with van der Waals surface area (Å²) in [5.74, 6) is 0.520. The Bertz CT molecular complexity index is 635. The van der Waals surface area contributed by atoms with Gasteiger partial charge in [-0.15, -0.1) is 0 Å². The van der Waals surface area contributed by atoms with E-state index in [-0.39, 0.29) is 5.91 Å². The van der Waals surface area contributed by atoms with Gasteiger partial charge < -0.3 is 15.0 Å². The van der Waals surface area contributed by atoms with E-state index >= 15 is 0 Å². The van der Waals surface area contributed by atoms with Gasteiger partial charge >= 0.3 is 0 Å². The molecule has 1 N–H and O–H groups in total. The maximum atomic E-state index is 12.0.